The Hall–Kier alpha value is -1.37. The van der Waals surface area contributed by atoms with Crippen molar-refractivity contribution in [1.82, 2.24) is 4.90 Å². The van der Waals surface area contributed by atoms with E-state index < -0.39 is 0 Å². The van der Waals surface area contributed by atoms with Crippen molar-refractivity contribution >= 4 is 13.0 Å². The van der Waals surface area contributed by atoms with Gasteiger partial charge in [0.05, 0.1) is 17.8 Å². The molecule has 24 heavy (non-hydrogen) atoms. The Kier molecular flexibility index (Phi) is 4.49. The van der Waals surface area contributed by atoms with Gasteiger partial charge in [-0.15, -0.1) is 0 Å². The van der Waals surface area contributed by atoms with E-state index in [0.29, 0.717) is 26.0 Å². The number of methoxy groups -OCH3 is 1. The standard InChI is InChI=1S/C18H26BNO4/c1-17(2)18(3,4)24-19(23-17)11-13-6-7-15-14(10-13)12-20(16(15)21)8-9-22-5/h6-7,10H,8-9,11-12H2,1-5H3. The van der Waals surface area contributed by atoms with Crippen LogP contribution in [0.2, 0.25) is 0 Å². The molecule has 0 aliphatic carbocycles. The lowest BCUT2D eigenvalue weighted by atomic mass is 9.80. The number of hydrogen-bond donors (Lipinski definition) is 0. The van der Waals surface area contributed by atoms with Crippen LogP contribution in [0.4, 0.5) is 0 Å². The minimum atomic E-state index is -0.318. The molecular formula is C18H26BNO4. The molecular weight excluding hydrogens is 305 g/mol. The van der Waals surface area contributed by atoms with Gasteiger partial charge in [0.25, 0.3) is 5.91 Å². The number of benzene rings is 1. The molecule has 1 aromatic carbocycles. The van der Waals surface area contributed by atoms with Crippen LogP contribution in [0.1, 0.15) is 49.2 Å². The zero-order valence-corrected chi connectivity index (χ0v) is 15.2. The normalized spacial score (nSPS) is 21.5. The lowest BCUT2D eigenvalue weighted by molar-refractivity contribution is 0.00578. The smallest absolute Gasteiger partial charge is 0.403 e. The fourth-order valence-electron chi connectivity index (χ4n) is 3.18. The molecule has 0 saturated carbocycles. The highest BCUT2D eigenvalue weighted by Gasteiger charge is 2.50. The minimum Gasteiger partial charge on any atom is -0.403 e. The van der Waals surface area contributed by atoms with E-state index in [1.807, 2.05) is 17.0 Å². The van der Waals surface area contributed by atoms with Crippen molar-refractivity contribution in [3.05, 3.63) is 34.9 Å². The van der Waals surface area contributed by atoms with Crippen molar-refractivity contribution < 1.29 is 18.8 Å². The third-order valence-corrected chi connectivity index (χ3v) is 5.32. The molecule has 130 valence electrons. The number of hydrogen-bond acceptors (Lipinski definition) is 4. The molecule has 2 aliphatic heterocycles. The predicted molar refractivity (Wildman–Crippen MR) is 92.8 cm³/mol. The molecule has 0 N–H and O–H groups in total. The summed E-state index contributed by atoms with van der Waals surface area (Å²) in [6.07, 6.45) is 0.687. The SMILES string of the molecule is COCCN1Cc2cc(CB3OC(C)(C)C(C)(C)O3)ccc2C1=O. The first kappa shape index (κ1) is 17.5. The summed E-state index contributed by atoms with van der Waals surface area (Å²) in [7, 11) is 1.39. The number of fused-ring (bicyclic) bond motifs is 1. The molecule has 3 rings (SSSR count). The van der Waals surface area contributed by atoms with Crippen LogP contribution in [0.5, 0.6) is 0 Å². The van der Waals surface area contributed by atoms with Crippen LogP contribution < -0.4 is 0 Å². The highest BCUT2D eigenvalue weighted by Crippen LogP contribution is 2.37. The zero-order valence-electron chi connectivity index (χ0n) is 15.2. The van der Waals surface area contributed by atoms with Crippen molar-refractivity contribution in [3.8, 4) is 0 Å². The highest BCUT2D eigenvalue weighted by atomic mass is 16.7. The van der Waals surface area contributed by atoms with E-state index in [2.05, 4.69) is 33.8 Å². The molecule has 0 atom stereocenters. The summed E-state index contributed by atoms with van der Waals surface area (Å²) in [4.78, 5) is 14.2. The van der Waals surface area contributed by atoms with E-state index in [4.69, 9.17) is 14.0 Å². The van der Waals surface area contributed by atoms with Gasteiger partial charge in [0, 0.05) is 32.1 Å². The molecule has 0 radical (unpaired) electrons. The van der Waals surface area contributed by atoms with E-state index in [9.17, 15) is 4.79 Å². The summed E-state index contributed by atoms with van der Waals surface area (Å²) >= 11 is 0. The predicted octanol–water partition coefficient (Wildman–Crippen LogP) is 2.46. The number of nitrogens with zero attached hydrogens (tertiary/aromatic N) is 1. The fourth-order valence-corrected chi connectivity index (χ4v) is 3.18. The molecule has 0 spiro atoms. The summed E-state index contributed by atoms with van der Waals surface area (Å²) < 4.78 is 17.2. The Labute approximate surface area is 144 Å². The molecule has 1 saturated heterocycles. The first-order valence-corrected chi connectivity index (χ1v) is 8.49. The van der Waals surface area contributed by atoms with Crippen LogP contribution in [0.3, 0.4) is 0 Å². The quantitative estimate of drug-likeness (QED) is 0.778. The molecule has 0 bridgehead atoms. The first-order valence-electron chi connectivity index (χ1n) is 8.49. The number of carbonyl (C=O) groups is 1. The number of ether oxygens (including phenoxy) is 1. The Morgan fingerprint density at radius 2 is 1.88 bits per heavy atom. The van der Waals surface area contributed by atoms with Crippen LogP contribution in [0.15, 0.2) is 18.2 Å². The van der Waals surface area contributed by atoms with Crippen LogP contribution in [0, 0.1) is 0 Å². The molecule has 2 aliphatic rings. The maximum Gasteiger partial charge on any atom is 0.462 e. The van der Waals surface area contributed by atoms with Gasteiger partial charge in [-0.3, -0.25) is 4.79 Å². The summed E-state index contributed by atoms with van der Waals surface area (Å²) in [5.74, 6) is 0.0873. The summed E-state index contributed by atoms with van der Waals surface area (Å²) in [6.45, 7) is 10.1. The molecule has 1 amide bonds. The molecule has 0 aromatic heterocycles. The van der Waals surface area contributed by atoms with Crippen LogP contribution in [-0.2, 0) is 26.9 Å². The van der Waals surface area contributed by atoms with Gasteiger partial charge in [0.2, 0.25) is 0 Å². The van der Waals surface area contributed by atoms with Gasteiger partial charge in [-0.25, -0.2) is 0 Å². The van der Waals surface area contributed by atoms with Gasteiger partial charge in [0.15, 0.2) is 0 Å². The van der Waals surface area contributed by atoms with E-state index in [1.165, 1.54) is 0 Å². The van der Waals surface area contributed by atoms with Gasteiger partial charge >= 0.3 is 7.12 Å². The largest absolute Gasteiger partial charge is 0.462 e. The maximum absolute atomic E-state index is 12.3. The molecule has 1 fully saturated rings. The monoisotopic (exact) mass is 331 g/mol. The third-order valence-electron chi connectivity index (χ3n) is 5.32. The fraction of sp³-hybridized carbons (Fsp3) is 0.611. The van der Waals surface area contributed by atoms with E-state index in [-0.39, 0.29) is 24.2 Å². The molecule has 6 heteroatoms. The van der Waals surface area contributed by atoms with Gasteiger partial charge in [-0.2, -0.15) is 0 Å². The van der Waals surface area contributed by atoms with Gasteiger partial charge in [-0.05, 0) is 44.9 Å². The van der Waals surface area contributed by atoms with E-state index >= 15 is 0 Å². The Balaban J connectivity index is 1.70. The topological polar surface area (TPSA) is 48.0 Å². The second-order valence-corrected chi connectivity index (χ2v) is 7.60. The average molecular weight is 331 g/mol. The Morgan fingerprint density at radius 1 is 1.21 bits per heavy atom. The first-order chi connectivity index (χ1) is 11.2. The minimum absolute atomic E-state index is 0.0873. The molecule has 2 heterocycles. The van der Waals surface area contributed by atoms with Crippen LogP contribution in [-0.4, -0.2) is 49.4 Å². The summed E-state index contributed by atoms with van der Waals surface area (Å²) in [6, 6.07) is 6.03. The van der Waals surface area contributed by atoms with Gasteiger partial charge in [0.1, 0.15) is 0 Å². The van der Waals surface area contributed by atoms with E-state index in [0.717, 1.165) is 16.7 Å². The number of rotatable bonds is 5. The maximum atomic E-state index is 12.3. The lowest BCUT2D eigenvalue weighted by Crippen LogP contribution is -2.41. The van der Waals surface area contributed by atoms with Crippen LogP contribution >= 0.6 is 0 Å². The number of amides is 1. The van der Waals surface area contributed by atoms with Gasteiger partial charge < -0.3 is 18.9 Å². The van der Waals surface area contributed by atoms with Crippen molar-refractivity contribution in [3.63, 3.8) is 0 Å². The van der Waals surface area contributed by atoms with E-state index in [1.54, 1.807) is 7.11 Å². The Morgan fingerprint density at radius 3 is 2.50 bits per heavy atom. The summed E-state index contributed by atoms with van der Waals surface area (Å²) in [5, 5.41) is 0. The molecule has 0 unspecified atom stereocenters. The third kappa shape index (κ3) is 3.10. The molecule has 5 nitrogen and oxygen atoms in total. The summed E-state index contributed by atoms with van der Waals surface area (Å²) in [5.41, 5.74) is 2.37. The lowest BCUT2D eigenvalue weighted by Gasteiger charge is -2.32. The second-order valence-electron chi connectivity index (χ2n) is 7.60. The highest BCUT2D eigenvalue weighted by molar-refractivity contribution is 6.45. The Bertz CT molecular complexity index is 628. The van der Waals surface area contributed by atoms with Crippen molar-refractivity contribution in [2.45, 2.75) is 51.8 Å². The van der Waals surface area contributed by atoms with Crippen LogP contribution in [0.25, 0.3) is 0 Å². The second kappa shape index (κ2) is 6.17. The van der Waals surface area contributed by atoms with Crippen molar-refractivity contribution in [1.29, 1.82) is 0 Å². The van der Waals surface area contributed by atoms with Crippen molar-refractivity contribution in [2.24, 2.45) is 0 Å². The molecule has 1 aromatic rings. The average Bonchev–Trinajstić information content (AvgIpc) is 2.90. The zero-order chi connectivity index (χ0) is 17.5. The number of carbonyl (C=O) groups excluding carboxylic acids is 1. The van der Waals surface area contributed by atoms with Crippen molar-refractivity contribution in [2.75, 3.05) is 20.3 Å². The van der Waals surface area contributed by atoms with Gasteiger partial charge in [-0.1, -0.05) is 12.1 Å².